The van der Waals surface area contributed by atoms with Crippen molar-refractivity contribution in [3.63, 3.8) is 0 Å². The lowest BCUT2D eigenvalue weighted by Crippen LogP contribution is -2.16. The standard InChI is InChI=1S/C24H30N4/c1-4-16-25-17-8-9-18-12-14-20(15-13-18)26-21(6-3)24-23-19(5-2)10-7-11-22(23)27-28-24/h12-15,25-26H,2-4,7-11,16-17H2,1H3,(H,27,28). The number of H-pyrrole nitrogens is 1. The van der Waals surface area contributed by atoms with Gasteiger partial charge < -0.3 is 10.6 Å². The van der Waals surface area contributed by atoms with E-state index in [0.29, 0.717) is 0 Å². The van der Waals surface area contributed by atoms with Gasteiger partial charge in [-0.1, -0.05) is 32.2 Å². The molecular formula is C24H30N4. The number of anilines is 1. The molecule has 0 atom stereocenters. The Morgan fingerprint density at radius 1 is 1.18 bits per heavy atom. The number of benzene rings is 1. The van der Waals surface area contributed by atoms with Crippen molar-refractivity contribution in [3.8, 4) is 0 Å². The van der Waals surface area contributed by atoms with Gasteiger partial charge in [-0.15, -0.1) is 11.5 Å². The number of aromatic amines is 1. The highest BCUT2D eigenvalue weighted by Crippen LogP contribution is 2.34. The van der Waals surface area contributed by atoms with Gasteiger partial charge in [0, 0.05) is 22.5 Å². The summed E-state index contributed by atoms with van der Waals surface area (Å²) in [5, 5.41) is 14.6. The zero-order valence-corrected chi connectivity index (χ0v) is 16.8. The number of rotatable bonds is 9. The Morgan fingerprint density at radius 2 is 2.00 bits per heavy atom. The second-order valence-electron chi connectivity index (χ2n) is 7.16. The molecule has 3 N–H and O–H groups in total. The van der Waals surface area contributed by atoms with Crippen LogP contribution in [0.15, 0.2) is 48.9 Å². The van der Waals surface area contributed by atoms with Crippen LogP contribution in [0.25, 0.3) is 11.3 Å². The van der Waals surface area contributed by atoms with E-state index in [9.17, 15) is 0 Å². The quantitative estimate of drug-likeness (QED) is 0.423. The first-order chi connectivity index (χ1) is 13.8. The lowest BCUT2D eigenvalue weighted by atomic mass is 9.90. The Labute approximate surface area is 168 Å². The molecule has 0 spiro atoms. The highest BCUT2D eigenvalue weighted by molar-refractivity contribution is 5.84. The Morgan fingerprint density at radius 3 is 2.71 bits per heavy atom. The summed E-state index contributed by atoms with van der Waals surface area (Å²) in [6.45, 7) is 12.1. The van der Waals surface area contributed by atoms with Gasteiger partial charge in [-0.05, 0) is 69.3 Å². The minimum Gasteiger partial charge on any atom is -0.347 e. The third kappa shape index (κ3) is 4.74. The van der Waals surface area contributed by atoms with Gasteiger partial charge in [-0.2, -0.15) is 5.10 Å². The Hall–Kier alpha value is -2.77. The average molecular weight is 375 g/mol. The van der Waals surface area contributed by atoms with Crippen LogP contribution in [-0.2, 0) is 12.8 Å². The molecule has 146 valence electrons. The molecule has 4 heteroatoms. The SMILES string of the molecule is C=C=C(Nc1ccc(CCCNCCC)cc1)c1n[nH]c2c1C(=C=C)CCC2. The first-order valence-corrected chi connectivity index (χ1v) is 10.2. The third-order valence-corrected chi connectivity index (χ3v) is 5.09. The Bertz CT molecular complexity index is 891. The molecule has 0 fully saturated rings. The van der Waals surface area contributed by atoms with Gasteiger partial charge in [-0.25, -0.2) is 0 Å². The van der Waals surface area contributed by atoms with Crippen LogP contribution in [0.2, 0.25) is 0 Å². The number of aryl methyl sites for hydroxylation is 2. The van der Waals surface area contributed by atoms with Gasteiger partial charge in [-0.3, -0.25) is 5.10 Å². The Balaban J connectivity index is 1.67. The fourth-order valence-electron chi connectivity index (χ4n) is 3.61. The number of hydrogen-bond acceptors (Lipinski definition) is 3. The van der Waals surface area contributed by atoms with Crippen molar-refractivity contribution < 1.29 is 0 Å². The first kappa shape index (κ1) is 20.0. The van der Waals surface area contributed by atoms with Crippen molar-refractivity contribution in [1.29, 1.82) is 0 Å². The van der Waals surface area contributed by atoms with E-state index in [4.69, 9.17) is 0 Å². The zero-order chi connectivity index (χ0) is 19.8. The summed E-state index contributed by atoms with van der Waals surface area (Å²) in [5.74, 6) is 0. The monoisotopic (exact) mass is 374 g/mol. The topological polar surface area (TPSA) is 52.7 Å². The number of nitrogens with one attached hydrogen (secondary N) is 3. The summed E-state index contributed by atoms with van der Waals surface area (Å²) < 4.78 is 0. The fourth-order valence-corrected chi connectivity index (χ4v) is 3.61. The molecule has 1 aromatic heterocycles. The van der Waals surface area contributed by atoms with E-state index >= 15 is 0 Å². The normalized spacial score (nSPS) is 12.8. The predicted octanol–water partition coefficient (Wildman–Crippen LogP) is 5.08. The second-order valence-corrected chi connectivity index (χ2v) is 7.16. The number of aromatic nitrogens is 2. The molecule has 1 aromatic carbocycles. The smallest absolute Gasteiger partial charge is 0.125 e. The van der Waals surface area contributed by atoms with Crippen LogP contribution in [0.4, 0.5) is 5.69 Å². The molecule has 1 heterocycles. The third-order valence-electron chi connectivity index (χ3n) is 5.09. The molecule has 0 unspecified atom stereocenters. The minimum absolute atomic E-state index is 0.781. The van der Waals surface area contributed by atoms with Crippen molar-refractivity contribution in [2.75, 3.05) is 18.4 Å². The Kier molecular flexibility index (Phi) is 7.11. The van der Waals surface area contributed by atoms with Crippen molar-refractivity contribution in [2.24, 2.45) is 0 Å². The van der Waals surface area contributed by atoms with Gasteiger partial charge in [0.2, 0.25) is 0 Å². The molecule has 0 aliphatic heterocycles. The average Bonchev–Trinajstić information content (AvgIpc) is 3.17. The minimum atomic E-state index is 0.781. The van der Waals surface area contributed by atoms with E-state index in [1.54, 1.807) is 0 Å². The van der Waals surface area contributed by atoms with E-state index in [0.717, 1.165) is 79.1 Å². The maximum atomic E-state index is 4.52. The predicted molar refractivity (Wildman–Crippen MR) is 118 cm³/mol. The van der Waals surface area contributed by atoms with E-state index in [1.165, 1.54) is 12.0 Å². The van der Waals surface area contributed by atoms with Crippen LogP contribution >= 0.6 is 0 Å². The van der Waals surface area contributed by atoms with Crippen LogP contribution in [0.5, 0.6) is 0 Å². The van der Waals surface area contributed by atoms with Crippen molar-refractivity contribution in [3.05, 3.63) is 71.4 Å². The maximum Gasteiger partial charge on any atom is 0.125 e. The maximum absolute atomic E-state index is 4.52. The van der Waals surface area contributed by atoms with Crippen molar-refractivity contribution in [1.82, 2.24) is 15.5 Å². The van der Waals surface area contributed by atoms with Crippen LogP contribution in [0, 0.1) is 0 Å². The molecule has 2 aromatic rings. The molecule has 4 nitrogen and oxygen atoms in total. The molecule has 1 aliphatic rings. The fraction of sp³-hybridized carbons (Fsp3) is 0.375. The zero-order valence-electron chi connectivity index (χ0n) is 16.8. The van der Waals surface area contributed by atoms with Gasteiger partial charge in [0.25, 0.3) is 0 Å². The van der Waals surface area contributed by atoms with E-state index < -0.39 is 0 Å². The van der Waals surface area contributed by atoms with Gasteiger partial charge in [0.05, 0.1) is 0 Å². The largest absolute Gasteiger partial charge is 0.347 e. The number of hydrogen-bond donors (Lipinski definition) is 3. The summed E-state index contributed by atoms with van der Waals surface area (Å²) in [7, 11) is 0. The summed E-state index contributed by atoms with van der Waals surface area (Å²) in [5.41, 5.74) is 13.5. The molecule has 0 radical (unpaired) electrons. The van der Waals surface area contributed by atoms with E-state index in [1.807, 2.05) is 0 Å². The van der Waals surface area contributed by atoms with Crippen LogP contribution in [0.1, 0.15) is 55.1 Å². The molecule has 28 heavy (non-hydrogen) atoms. The van der Waals surface area contributed by atoms with Gasteiger partial charge in [0.15, 0.2) is 0 Å². The first-order valence-electron chi connectivity index (χ1n) is 10.2. The summed E-state index contributed by atoms with van der Waals surface area (Å²) >= 11 is 0. The summed E-state index contributed by atoms with van der Waals surface area (Å²) in [6.07, 6.45) is 6.50. The van der Waals surface area contributed by atoms with Crippen LogP contribution in [0.3, 0.4) is 0 Å². The lowest BCUT2D eigenvalue weighted by Gasteiger charge is -2.15. The molecular weight excluding hydrogens is 344 g/mol. The van der Waals surface area contributed by atoms with E-state index in [2.05, 4.69) is 76.6 Å². The van der Waals surface area contributed by atoms with Crippen LogP contribution < -0.4 is 10.6 Å². The second kappa shape index (κ2) is 9.96. The lowest BCUT2D eigenvalue weighted by molar-refractivity contribution is 0.640. The van der Waals surface area contributed by atoms with Crippen molar-refractivity contribution >= 4 is 17.0 Å². The number of allylic oxidation sites excluding steroid dienone is 1. The molecule has 0 saturated heterocycles. The molecule has 1 aliphatic carbocycles. The summed E-state index contributed by atoms with van der Waals surface area (Å²) in [6, 6.07) is 8.57. The number of fused-ring (bicyclic) bond motifs is 1. The summed E-state index contributed by atoms with van der Waals surface area (Å²) in [4.78, 5) is 0. The van der Waals surface area contributed by atoms with Crippen LogP contribution in [-0.4, -0.2) is 23.3 Å². The highest BCUT2D eigenvalue weighted by atomic mass is 15.1. The molecule has 0 saturated carbocycles. The molecule has 0 bridgehead atoms. The molecule has 0 amide bonds. The van der Waals surface area contributed by atoms with E-state index in [-0.39, 0.29) is 0 Å². The molecule has 3 rings (SSSR count). The van der Waals surface area contributed by atoms with Crippen molar-refractivity contribution in [2.45, 2.75) is 45.4 Å². The number of nitrogens with zero attached hydrogens (tertiary/aromatic N) is 1. The van der Waals surface area contributed by atoms with Gasteiger partial charge in [0.1, 0.15) is 11.4 Å². The van der Waals surface area contributed by atoms with Gasteiger partial charge >= 0.3 is 0 Å². The highest BCUT2D eigenvalue weighted by Gasteiger charge is 2.23.